The Bertz CT molecular complexity index is 295. The van der Waals surface area contributed by atoms with Crippen LogP contribution in [0.3, 0.4) is 0 Å². The first-order valence-electron chi connectivity index (χ1n) is 5.39. The Balaban J connectivity index is 2.02. The highest BCUT2D eigenvalue weighted by atomic mass is 16.6. The monoisotopic (exact) mass is 211 g/mol. The van der Waals surface area contributed by atoms with E-state index in [9.17, 15) is 9.59 Å². The quantitative estimate of drug-likeness (QED) is 0.619. The minimum absolute atomic E-state index is 0.259. The van der Waals surface area contributed by atoms with Gasteiger partial charge >= 0.3 is 6.09 Å². The smallest absolute Gasteiger partial charge is 0.411 e. The average molecular weight is 211 g/mol. The topological polar surface area (TPSA) is 46.6 Å². The highest BCUT2D eigenvalue weighted by molar-refractivity contribution is 5.76. The van der Waals surface area contributed by atoms with Crippen LogP contribution in [0, 0.1) is 5.92 Å². The Kier molecular flexibility index (Phi) is 2.24. The van der Waals surface area contributed by atoms with Crippen molar-refractivity contribution in [1.82, 2.24) is 4.90 Å². The molecule has 15 heavy (non-hydrogen) atoms. The second-order valence-corrected chi connectivity index (χ2v) is 5.39. The fourth-order valence-electron chi connectivity index (χ4n) is 2.20. The van der Waals surface area contributed by atoms with Gasteiger partial charge in [0.25, 0.3) is 0 Å². The van der Waals surface area contributed by atoms with E-state index in [1.807, 2.05) is 20.8 Å². The van der Waals surface area contributed by atoms with Crippen LogP contribution in [0.2, 0.25) is 0 Å². The van der Waals surface area contributed by atoms with Crippen molar-refractivity contribution >= 4 is 12.4 Å². The van der Waals surface area contributed by atoms with E-state index >= 15 is 0 Å². The normalized spacial score (nSPS) is 33.5. The third-order valence-electron chi connectivity index (χ3n) is 2.91. The van der Waals surface area contributed by atoms with E-state index in [0.717, 1.165) is 19.1 Å². The largest absolute Gasteiger partial charge is 0.444 e. The van der Waals surface area contributed by atoms with Crippen LogP contribution in [0.25, 0.3) is 0 Å². The molecule has 0 aromatic rings. The molecule has 0 radical (unpaired) electrons. The molecule has 2 fully saturated rings. The number of likely N-dealkylation sites (tertiary alicyclic amines) is 1. The van der Waals surface area contributed by atoms with E-state index in [1.54, 1.807) is 4.90 Å². The zero-order valence-corrected chi connectivity index (χ0v) is 9.40. The van der Waals surface area contributed by atoms with Crippen molar-refractivity contribution in [3.8, 4) is 0 Å². The van der Waals surface area contributed by atoms with Crippen LogP contribution in [0.1, 0.15) is 33.6 Å². The van der Waals surface area contributed by atoms with Gasteiger partial charge in [-0.05, 0) is 39.5 Å². The number of carbonyl (C=O) groups is 2. The standard InChI is InChI=1S/C11H17NO3/c1-11(2,3)15-10(14)12-8(6-13)4-7-5-9(7)12/h6-9H,4-5H2,1-3H3/t7-,8-,9+/m1/s1. The Labute approximate surface area is 89.6 Å². The van der Waals surface area contributed by atoms with Crippen molar-refractivity contribution in [3.05, 3.63) is 0 Å². The summed E-state index contributed by atoms with van der Waals surface area (Å²) in [5.41, 5.74) is -0.489. The van der Waals surface area contributed by atoms with Gasteiger partial charge in [-0.2, -0.15) is 0 Å². The van der Waals surface area contributed by atoms with E-state index < -0.39 is 5.60 Å². The molecular formula is C11H17NO3. The summed E-state index contributed by atoms with van der Waals surface area (Å²) < 4.78 is 5.28. The molecule has 0 spiro atoms. The van der Waals surface area contributed by atoms with Crippen molar-refractivity contribution in [3.63, 3.8) is 0 Å². The van der Waals surface area contributed by atoms with Crippen LogP contribution >= 0.6 is 0 Å². The first kappa shape index (κ1) is 10.5. The van der Waals surface area contributed by atoms with Crippen LogP contribution in [0.15, 0.2) is 0 Å². The Morgan fingerprint density at radius 2 is 2.07 bits per heavy atom. The fourth-order valence-corrected chi connectivity index (χ4v) is 2.20. The fraction of sp³-hybridized carbons (Fsp3) is 0.818. The molecule has 0 unspecified atom stereocenters. The number of rotatable bonds is 1. The lowest BCUT2D eigenvalue weighted by molar-refractivity contribution is -0.112. The van der Waals surface area contributed by atoms with Gasteiger partial charge < -0.3 is 9.53 Å². The van der Waals surface area contributed by atoms with Gasteiger partial charge in [0.05, 0.1) is 6.04 Å². The maximum atomic E-state index is 11.8. The first-order valence-corrected chi connectivity index (χ1v) is 5.39. The Hall–Kier alpha value is -1.06. The number of hydrogen-bond donors (Lipinski definition) is 0. The maximum absolute atomic E-state index is 11.8. The van der Waals surface area contributed by atoms with Gasteiger partial charge in [0.15, 0.2) is 0 Å². The van der Waals surface area contributed by atoms with Crippen molar-refractivity contribution in [2.24, 2.45) is 5.92 Å². The SMILES string of the molecule is CC(C)(C)OC(=O)N1[C@@H](C=O)C[C@@H]2C[C@@H]21. The number of aldehydes is 1. The Morgan fingerprint density at radius 3 is 2.60 bits per heavy atom. The van der Waals surface area contributed by atoms with Gasteiger partial charge in [0, 0.05) is 6.04 Å². The van der Waals surface area contributed by atoms with Gasteiger partial charge in [0.2, 0.25) is 0 Å². The first-order chi connectivity index (χ1) is 6.92. The predicted octanol–water partition coefficient (Wildman–Crippen LogP) is 1.58. The molecule has 2 rings (SSSR count). The van der Waals surface area contributed by atoms with Crippen molar-refractivity contribution in [2.45, 2.75) is 51.3 Å². The maximum Gasteiger partial charge on any atom is 0.411 e. The molecule has 84 valence electrons. The zero-order valence-electron chi connectivity index (χ0n) is 9.40. The van der Waals surface area contributed by atoms with Crippen LogP contribution in [0.4, 0.5) is 4.79 Å². The lowest BCUT2D eigenvalue weighted by Gasteiger charge is -2.28. The van der Waals surface area contributed by atoms with Gasteiger partial charge in [-0.3, -0.25) is 4.90 Å². The van der Waals surface area contributed by atoms with Gasteiger partial charge in [0.1, 0.15) is 11.9 Å². The third-order valence-corrected chi connectivity index (χ3v) is 2.91. The van der Waals surface area contributed by atoms with Crippen LogP contribution in [-0.2, 0) is 9.53 Å². The van der Waals surface area contributed by atoms with Crippen LogP contribution in [0.5, 0.6) is 0 Å². The summed E-state index contributed by atoms with van der Waals surface area (Å²) in [6.45, 7) is 5.50. The summed E-state index contributed by atoms with van der Waals surface area (Å²) in [6, 6.07) is -0.00125. The van der Waals surface area contributed by atoms with E-state index in [4.69, 9.17) is 4.74 Å². The number of carbonyl (C=O) groups excluding carboxylic acids is 2. The third kappa shape index (κ3) is 1.98. The molecular weight excluding hydrogens is 194 g/mol. The molecule has 4 heteroatoms. The molecule has 1 amide bonds. The number of fused-ring (bicyclic) bond motifs is 1. The molecule has 1 saturated carbocycles. The van der Waals surface area contributed by atoms with E-state index in [2.05, 4.69) is 0 Å². The minimum Gasteiger partial charge on any atom is -0.444 e. The van der Waals surface area contributed by atoms with Crippen LogP contribution in [-0.4, -0.2) is 35.0 Å². The molecule has 0 aromatic heterocycles. The minimum atomic E-state index is -0.489. The van der Waals surface area contributed by atoms with Gasteiger partial charge in [-0.1, -0.05) is 0 Å². The summed E-state index contributed by atoms with van der Waals surface area (Å²) in [7, 11) is 0. The van der Waals surface area contributed by atoms with Crippen molar-refractivity contribution in [1.29, 1.82) is 0 Å². The second kappa shape index (κ2) is 3.22. The summed E-state index contributed by atoms with van der Waals surface area (Å²) in [5, 5.41) is 0. The molecule has 1 aliphatic heterocycles. The van der Waals surface area contributed by atoms with Crippen molar-refractivity contribution in [2.75, 3.05) is 0 Å². The molecule has 0 aromatic carbocycles. The van der Waals surface area contributed by atoms with Gasteiger partial charge in [-0.15, -0.1) is 0 Å². The number of piperidine rings is 1. The predicted molar refractivity (Wildman–Crippen MR) is 54.4 cm³/mol. The summed E-state index contributed by atoms with van der Waals surface area (Å²) in [6.07, 6.45) is 2.36. The van der Waals surface area contributed by atoms with Gasteiger partial charge in [-0.25, -0.2) is 4.79 Å². The molecule has 1 saturated heterocycles. The summed E-state index contributed by atoms with van der Waals surface area (Å²) >= 11 is 0. The number of nitrogens with zero attached hydrogens (tertiary/aromatic N) is 1. The number of ether oxygens (including phenoxy) is 1. The molecule has 0 N–H and O–H groups in total. The van der Waals surface area contributed by atoms with Crippen molar-refractivity contribution < 1.29 is 14.3 Å². The Morgan fingerprint density at radius 1 is 1.40 bits per heavy atom. The zero-order chi connectivity index (χ0) is 11.2. The summed E-state index contributed by atoms with van der Waals surface area (Å²) in [4.78, 5) is 24.2. The number of amides is 1. The van der Waals surface area contributed by atoms with E-state index in [1.165, 1.54) is 0 Å². The summed E-state index contributed by atoms with van der Waals surface area (Å²) in [5.74, 6) is 0.535. The highest BCUT2D eigenvalue weighted by Gasteiger charge is 2.54. The second-order valence-electron chi connectivity index (χ2n) is 5.39. The average Bonchev–Trinajstić information content (AvgIpc) is 2.73. The molecule has 3 atom stereocenters. The van der Waals surface area contributed by atoms with E-state index in [-0.39, 0.29) is 18.2 Å². The van der Waals surface area contributed by atoms with Crippen LogP contribution < -0.4 is 0 Å². The molecule has 4 nitrogen and oxygen atoms in total. The molecule has 1 aliphatic carbocycles. The lowest BCUT2D eigenvalue weighted by Crippen LogP contribution is -2.42. The molecule has 2 aliphatic rings. The van der Waals surface area contributed by atoms with E-state index in [0.29, 0.717) is 5.92 Å². The lowest BCUT2D eigenvalue weighted by atomic mass is 10.2. The number of hydrogen-bond acceptors (Lipinski definition) is 3. The molecule has 1 heterocycles. The molecule has 0 bridgehead atoms. The highest BCUT2D eigenvalue weighted by Crippen LogP contribution is 2.47.